The molecule has 0 atom stereocenters. The van der Waals surface area contributed by atoms with Crippen molar-refractivity contribution in [1.82, 2.24) is 0 Å². The zero-order valence-corrected chi connectivity index (χ0v) is 42.1. The van der Waals surface area contributed by atoms with Crippen LogP contribution in [0.3, 0.4) is 0 Å². The molecule has 0 unspecified atom stereocenters. The summed E-state index contributed by atoms with van der Waals surface area (Å²) in [6.07, 6.45) is 0. The largest absolute Gasteiger partial charge is 0.310 e. The van der Waals surface area contributed by atoms with Crippen LogP contribution in [0.5, 0.6) is 0 Å². The van der Waals surface area contributed by atoms with E-state index in [1.54, 1.807) is 0 Å². The number of hydrogen-bond acceptors (Lipinski definition) is 2. The summed E-state index contributed by atoms with van der Waals surface area (Å²) in [7, 11) is 0. The van der Waals surface area contributed by atoms with Crippen LogP contribution < -0.4 is 21.3 Å². The second kappa shape index (κ2) is 18.4. The molecular formula is C70H52BNS. The number of nitrogens with zero attached hydrogens (tertiary/aromatic N) is 1. The molecule has 0 aromatic heterocycles. The molecule has 73 heavy (non-hydrogen) atoms. The Balaban J connectivity index is 1.23. The van der Waals surface area contributed by atoms with E-state index in [0.717, 1.165) is 5.69 Å². The van der Waals surface area contributed by atoms with Crippen LogP contribution in [0.25, 0.3) is 77.9 Å². The lowest BCUT2D eigenvalue weighted by Gasteiger charge is -2.44. The first-order valence-electron chi connectivity index (χ1n) is 25.4. The van der Waals surface area contributed by atoms with Crippen molar-refractivity contribution in [2.45, 2.75) is 36.0 Å². The molecule has 0 saturated carbocycles. The summed E-state index contributed by atoms with van der Waals surface area (Å²) in [5.41, 5.74) is 25.5. The van der Waals surface area contributed by atoms with Gasteiger partial charge in [0.25, 0.3) is 6.71 Å². The van der Waals surface area contributed by atoms with Crippen LogP contribution in [0.2, 0.25) is 0 Å². The molecule has 0 bridgehead atoms. The Morgan fingerprint density at radius 2 is 0.630 bits per heavy atom. The lowest BCUT2D eigenvalue weighted by Crippen LogP contribution is -2.61. The molecule has 346 valence electrons. The Labute approximate surface area is 434 Å². The summed E-state index contributed by atoms with van der Waals surface area (Å²) in [6.45, 7) is 6.97. The molecule has 0 spiro atoms. The van der Waals surface area contributed by atoms with E-state index >= 15 is 0 Å². The Bertz CT molecular complexity index is 3760. The standard InChI is InChI=1S/C70H52BNS/c1-70(2,3)57-45-63-68-65(46-57)73-64-44-56(49-29-15-6-16-30-49)40-59(51-33-19-8-20-34-51)67(64)71(68)66-58(50-31-17-7-18-32-50)39-55(48-27-13-5-14-28-48)43-62(66)72(63)69-60(52-35-21-9-22-36-52)41-54(47-25-11-4-12-26-47)42-61(69)53-37-23-10-24-38-53/h4-46H,1-3H3. The Kier molecular flexibility index (Phi) is 11.2. The molecule has 0 fully saturated rings. The van der Waals surface area contributed by atoms with Gasteiger partial charge in [0.15, 0.2) is 0 Å². The molecule has 3 heteroatoms. The number of rotatable bonds is 8. The van der Waals surface area contributed by atoms with Crippen molar-refractivity contribution < 1.29 is 0 Å². The SMILES string of the molecule is CC(C)(C)c1cc2c3c(c1)N(c1c(-c4ccccc4)cc(-c4ccccc4)cc1-c1ccccc1)c1cc(-c4ccccc4)cc(-c4ccccc4)c1B3c1c(cc(-c3ccccc3)cc1-c1ccccc1)S2. The van der Waals surface area contributed by atoms with Crippen molar-refractivity contribution in [3.8, 4) is 77.9 Å². The van der Waals surface area contributed by atoms with Gasteiger partial charge in [0.2, 0.25) is 0 Å². The van der Waals surface area contributed by atoms with Crippen molar-refractivity contribution in [2.75, 3.05) is 4.90 Å². The van der Waals surface area contributed by atoms with Crippen LogP contribution in [0, 0.1) is 0 Å². The van der Waals surface area contributed by atoms with Gasteiger partial charge >= 0.3 is 0 Å². The Hall–Kier alpha value is -8.37. The smallest absolute Gasteiger partial charge is 0.251 e. The van der Waals surface area contributed by atoms with E-state index in [1.807, 2.05) is 11.8 Å². The molecule has 1 nitrogen and oxygen atoms in total. The van der Waals surface area contributed by atoms with E-state index < -0.39 is 0 Å². The number of fused-ring (bicyclic) bond motifs is 4. The predicted octanol–water partition coefficient (Wildman–Crippen LogP) is 17.4. The first-order chi connectivity index (χ1) is 35.9. The zero-order valence-electron chi connectivity index (χ0n) is 41.3. The van der Waals surface area contributed by atoms with Crippen LogP contribution >= 0.6 is 11.8 Å². The van der Waals surface area contributed by atoms with Gasteiger partial charge in [-0.3, -0.25) is 0 Å². The maximum absolute atomic E-state index is 2.70. The van der Waals surface area contributed by atoms with E-state index in [1.165, 1.54) is 121 Å². The third-order valence-corrected chi connectivity index (χ3v) is 16.0. The average Bonchev–Trinajstić information content (AvgIpc) is 3.46. The highest BCUT2D eigenvalue weighted by Gasteiger charge is 2.46. The summed E-state index contributed by atoms with van der Waals surface area (Å²) in [5.74, 6) is 0. The minimum atomic E-state index is -0.155. The molecule has 0 aliphatic carbocycles. The first-order valence-corrected chi connectivity index (χ1v) is 26.3. The summed E-state index contributed by atoms with van der Waals surface area (Å²) in [6, 6.07) is 97.1. The van der Waals surface area contributed by atoms with E-state index in [9.17, 15) is 0 Å². The van der Waals surface area contributed by atoms with Crippen molar-refractivity contribution in [3.05, 3.63) is 266 Å². The zero-order chi connectivity index (χ0) is 49.0. The molecule has 2 heterocycles. The average molecular weight is 950 g/mol. The maximum atomic E-state index is 2.70. The predicted molar refractivity (Wildman–Crippen MR) is 313 cm³/mol. The fraction of sp³-hybridized carbons (Fsp3) is 0.0571. The molecule has 2 aliphatic rings. The summed E-state index contributed by atoms with van der Waals surface area (Å²) < 4.78 is 0. The van der Waals surface area contributed by atoms with Crippen LogP contribution in [-0.2, 0) is 5.41 Å². The van der Waals surface area contributed by atoms with Gasteiger partial charge in [-0.15, -0.1) is 0 Å². The van der Waals surface area contributed by atoms with Crippen molar-refractivity contribution in [1.29, 1.82) is 0 Å². The molecule has 0 amide bonds. The van der Waals surface area contributed by atoms with Crippen LogP contribution in [0.1, 0.15) is 26.3 Å². The van der Waals surface area contributed by atoms with Crippen LogP contribution in [0.15, 0.2) is 271 Å². The third-order valence-electron chi connectivity index (χ3n) is 14.8. The highest BCUT2D eigenvalue weighted by molar-refractivity contribution is 8.00. The quantitative estimate of drug-likeness (QED) is 0.140. The molecule has 0 N–H and O–H groups in total. The Morgan fingerprint density at radius 1 is 0.301 bits per heavy atom. The summed E-state index contributed by atoms with van der Waals surface area (Å²) in [4.78, 5) is 5.29. The second-order valence-electron chi connectivity index (χ2n) is 20.4. The number of benzene rings is 11. The molecule has 13 rings (SSSR count). The number of hydrogen-bond donors (Lipinski definition) is 0. The van der Waals surface area contributed by atoms with E-state index in [4.69, 9.17) is 0 Å². The van der Waals surface area contributed by atoms with Gasteiger partial charge in [0, 0.05) is 32.3 Å². The molecule has 0 saturated heterocycles. The van der Waals surface area contributed by atoms with E-state index in [-0.39, 0.29) is 12.1 Å². The van der Waals surface area contributed by atoms with Crippen molar-refractivity contribution in [3.63, 3.8) is 0 Å². The molecular weight excluding hydrogens is 898 g/mol. The third kappa shape index (κ3) is 8.02. The molecule has 2 aliphatic heterocycles. The second-order valence-corrected chi connectivity index (χ2v) is 21.5. The van der Waals surface area contributed by atoms with Gasteiger partial charge in [-0.25, -0.2) is 0 Å². The molecule has 11 aromatic rings. The van der Waals surface area contributed by atoms with Crippen LogP contribution in [-0.4, -0.2) is 6.71 Å². The minimum absolute atomic E-state index is 0.120. The summed E-state index contributed by atoms with van der Waals surface area (Å²) >= 11 is 1.95. The van der Waals surface area contributed by atoms with Gasteiger partial charge < -0.3 is 4.90 Å². The highest BCUT2D eigenvalue weighted by Crippen LogP contribution is 2.53. The summed E-state index contributed by atoms with van der Waals surface area (Å²) in [5, 5.41) is 0. The van der Waals surface area contributed by atoms with Gasteiger partial charge in [-0.2, -0.15) is 0 Å². The fourth-order valence-corrected chi connectivity index (χ4v) is 12.6. The van der Waals surface area contributed by atoms with Gasteiger partial charge in [0.1, 0.15) is 0 Å². The minimum Gasteiger partial charge on any atom is -0.310 e. The molecule has 0 radical (unpaired) electrons. The van der Waals surface area contributed by atoms with Gasteiger partial charge in [-0.1, -0.05) is 245 Å². The van der Waals surface area contributed by atoms with Crippen LogP contribution in [0.4, 0.5) is 17.1 Å². The highest BCUT2D eigenvalue weighted by atomic mass is 32.2. The van der Waals surface area contributed by atoms with Gasteiger partial charge in [-0.05, 0) is 143 Å². The lowest BCUT2D eigenvalue weighted by atomic mass is 9.33. The lowest BCUT2D eigenvalue weighted by molar-refractivity contribution is 0.589. The normalized spacial score (nSPS) is 12.5. The van der Waals surface area contributed by atoms with E-state index in [2.05, 4.69) is 287 Å². The first kappa shape index (κ1) is 44.6. The number of anilines is 3. The Morgan fingerprint density at radius 3 is 1.05 bits per heavy atom. The fourth-order valence-electron chi connectivity index (χ4n) is 11.3. The monoisotopic (exact) mass is 949 g/mol. The maximum Gasteiger partial charge on any atom is 0.251 e. The van der Waals surface area contributed by atoms with E-state index in [0.29, 0.717) is 0 Å². The van der Waals surface area contributed by atoms with Crippen molar-refractivity contribution >= 4 is 51.9 Å². The molecule has 11 aromatic carbocycles. The van der Waals surface area contributed by atoms with Crippen molar-refractivity contribution in [2.24, 2.45) is 0 Å². The van der Waals surface area contributed by atoms with Gasteiger partial charge in [0.05, 0.1) is 5.69 Å². The topological polar surface area (TPSA) is 3.24 Å².